The number of hydrogen-bond acceptors (Lipinski definition) is 9. The largest absolute Gasteiger partial charge is 0.507 e. The first kappa shape index (κ1) is 22.6. The van der Waals surface area contributed by atoms with E-state index in [1.807, 2.05) is 0 Å². The number of ether oxygens (including phenoxy) is 3. The molecule has 2 aliphatic heterocycles. The van der Waals surface area contributed by atoms with Gasteiger partial charge in [-0.05, 0) is 42.8 Å². The molecule has 9 nitrogen and oxygen atoms in total. The second-order valence-electron chi connectivity index (χ2n) is 7.80. The summed E-state index contributed by atoms with van der Waals surface area (Å²) in [7, 11) is 0. The fourth-order valence-corrected chi connectivity index (χ4v) is 4.72. The van der Waals surface area contributed by atoms with Crippen LogP contribution in [0.3, 0.4) is 0 Å². The Morgan fingerprint density at radius 2 is 2.00 bits per heavy atom. The van der Waals surface area contributed by atoms with Gasteiger partial charge in [0.15, 0.2) is 11.5 Å². The van der Waals surface area contributed by atoms with E-state index in [1.54, 1.807) is 55.5 Å². The number of carbonyl (C=O) groups excluding carboxylic acids is 2. The average Bonchev–Trinajstić information content (AvgIpc) is 3.42. The fourth-order valence-electron chi connectivity index (χ4n) is 4.00. The Morgan fingerprint density at radius 3 is 2.74 bits per heavy atom. The maximum atomic E-state index is 13.3. The Balaban J connectivity index is 1.67. The summed E-state index contributed by atoms with van der Waals surface area (Å²) in [6.45, 7) is 6.49. The van der Waals surface area contributed by atoms with Crippen LogP contribution in [0.2, 0.25) is 0 Å². The van der Waals surface area contributed by atoms with Crippen molar-refractivity contribution in [3.8, 4) is 17.2 Å². The molecule has 5 rings (SSSR count). The Hall–Kier alpha value is -4.18. The van der Waals surface area contributed by atoms with Crippen LogP contribution in [0.5, 0.6) is 17.2 Å². The van der Waals surface area contributed by atoms with Crippen LogP contribution in [0.25, 0.3) is 5.76 Å². The van der Waals surface area contributed by atoms with Crippen molar-refractivity contribution >= 4 is 33.9 Å². The lowest BCUT2D eigenvalue weighted by Gasteiger charge is -2.23. The molecular weight excluding hydrogens is 470 g/mol. The molecule has 10 heteroatoms. The van der Waals surface area contributed by atoms with Crippen LogP contribution in [0.1, 0.15) is 22.2 Å². The van der Waals surface area contributed by atoms with E-state index in [-0.39, 0.29) is 23.1 Å². The Labute approximate surface area is 204 Å². The number of fused-ring (bicyclic) bond motifs is 1. The summed E-state index contributed by atoms with van der Waals surface area (Å²) in [6, 6.07) is 10.9. The second kappa shape index (κ2) is 9.22. The van der Waals surface area contributed by atoms with Crippen LogP contribution in [0, 0.1) is 6.92 Å². The Bertz CT molecular complexity index is 1360. The second-order valence-corrected chi connectivity index (χ2v) is 8.96. The molecule has 0 radical (unpaired) electrons. The minimum atomic E-state index is -0.942. The van der Waals surface area contributed by atoms with E-state index in [9.17, 15) is 14.7 Å². The highest BCUT2D eigenvalue weighted by atomic mass is 32.1. The summed E-state index contributed by atoms with van der Waals surface area (Å²) >= 11 is 1.18. The number of aromatic nitrogens is 2. The molecule has 1 N–H and O–H groups in total. The number of benzene rings is 2. The molecule has 35 heavy (non-hydrogen) atoms. The van der Waals surface area contributed by atoms with Crippen LogP contribution < -0.4 is 19.1 Å². The van der Waals surface area contributed by atoms with Crippen molar-refractivity contribution < 1.29 is 28.9 Å². The van der Waals surface area contributed by atoms with Gasteiger partial charge in [-0.3, -0.25) is 14.5 Å². The molecule has 0 bridgehead atoms. The molecule has 2 aromatic carbocycles. The average molecular weight is 492 g/mol. The molecule has 0 aliphatic carbocycles. The van der Waals surface area contributed by atoms with Crippen LogP contribution >= 0.6 is 11.3 Å². The predicted molar refractivity (Wildman–Crippen MR) is 129 cm³/mol. The van der Waals surface area contributed by atoms with E-state index >= 15 is 0 Å². The van der Waals surface area contributed by atoms with Crippen LogP contribution in [0.15, 0.2) is 60.7 Å². The number of rotatable bonds is 6. The minimum absolute atomic E-state index is 0.0691. The topological polar surface area (TPSA) is 111 Å². The van der Waals surface area contributed by atoms with Gasteiger partial charge in [0.25, 0.3) is 5.78 Å². The highest BCUT2D eigenvalue weighted by Crippen LogP contribution is 2.44. The summed E-state index contributed by atoms with van der Waals surface area (Å²) < 4.78 is 16.8. The van der Waals surface area contributed by atoms with Crippen LogP contribution in [0.4, 0.5) is 5.13 Å². The van der Waals surface area contributed by atoms with E-state index in [4.69, 9.17) is 14.2 Å². The van der Waals surface area contributed by atoms with Crippen molar-refractivity contribution in [2.45, 2.75) is 13.0 Å². The number of amides is 1. The molecule has 0 saturated carbocycles. The Kier molecular flexibility index (Phi) is 5.96. The highest BCUT2D eigenvalue weighted by Gasteiger charge is 2.48. The normalized spacial score (nSPS) is 18.5. The molecule has 1 fully saturated rings. The summed E-state index contributed by atoms with van der Waals surface area (Å²) in [5, 5.41) is 20.3. The lowest BCUT2D eigenvalue weighted by molar-refractivity contribution is -0.132. The number of aryl methyl sites for hydroxylation is 1. The molecule has 1 saturated heterocycles. The molecule has 1 aromatic heterocycles. The van der Waals surface area contributed by atoms with Crippen LogP contribution in [-0.2, 0) is 9.59 Å². The number of aliphatic hydroxyl groups is 1. The molecule has 3 aromatic rings. The molecule has 0 spiro atoms. The summed E-state index contributed by atoms with van der Waals surface area (Å²) in [6.07, 6.45) is 1.62. The van der Waals surface area contributed by atoms with Crippen molar-refractivity contribution in [1.29, 1.82) is 0 Å². The van der Waals surface area contributed by atoms with Gasteiger partial charge in [-0.1, -0.05) is 36.1 Å². The smallest absolute Gasteiger partial charge is 0.301 e. The number of ketones is 1. The summed E-state index contributed by atoms with van der Waals surface area (Å²) in [5.41, 5.74) is 0.822. The monoisotopic (exact) mass is 491 g/mol. The summed E-state index contributed by atoms with van der Waals surface area (Å²) in [4.78, 5) is 27.8. The van der Waals surface area contributed by atoms with Crippen molar-refractivity contribution in [2.75, 3.05) is 24.7 Å². The Morgan fingerprint density at radius 1 is 1.20 bits per heavy atom. The number of Topliss-reactive ketones (excluding diaryl/α,β-unsaturated/α-hetero) is 1. The lowest BCUT2D eigenvalue weighted by atomic mass is 9.95. The SMILES string of the molecule is C=CCOc1cccc(C2C(=C(O)c3ccc4c(c3)OCCO4)C(=O)C(=O)N2c2nnc(C)s2)c1. The van der Waals surface area contributed by atoms with Crippen LogP contribution in [-0.4, -0.2) is 46.8 Å². The first-order valence-corrected chi connectivity index (χ1v) is 11.6. The lowest BCUT2D eigenvalue weighted by Crippen LogP contribution is -2.29. The van der Waals surface area contributed by atoms with Gasteiger partial charge in [-0.15, -0.1) is 10.2 Å². The third-order valence-corrected chi connectivity index (χ3v) is 6.36. The van der Waals surface area contributed by atoms with Gasteiger partial charge >= 0.3 is 5.91 Å². The molecule has 2 aliphatic rings. The van der Waals surface area contributed by atoms with Gasteiger partial charge in [0, 0.05) is 5.56 Å². The third-order valence-electron chi connectivity index (χ3n) is 5.52. The highest BCUT2D eigenvalue weighted by molar-refractivity contribution is 7.15. The van der Waals surface area contributed by atoms with E-state index in [2.05, 4.69) is 16.8 Å². The van der Waals surface area contributed by atoms with Gasteiger partial charge in [0.2, 0.25) is 5.13 Å². The fraction of sp³-hybridized carbons (Fsp3) is 0.200. The number of nitrogens with zero attached hydrogens (tertiary/aromatic N) is 3. The third kappa shape index (κ3) is 4.12. The maximum Gasteiger partial charge on any atom is 0.301 e. The molecular formula is C25H21N3O6S. The molecule has 178 valence electrons. The number of anilines is 1. The van der Waals surface area contributed by atoms with E-state index in [0.29, 0.717) is 46.6 Å². The van der Waals surface area contributed by atoms with Gasteiger partial charge < -0.3 is 19.3 Å². The van der Waals surface area contributed by atoms with Gasteiger partial charge in [-0.2, -0.15) is 0 Å². The first-order valence-electron chi connectivity index (χ1n) is 10.8. The minimum Gasteiger partial charge on any atom is -0.507 e. The predicted octanol–water partition coefficient (Wildman–Crippen LogP) is 3.81. The van der Waals surface area contributed by atoms with E-state index < -0.39 is 17.7 Å². The number of aliphatic hydroxyl groups excluding tert-OH is 1. The summed E-state index contributed by atoms with van der Waals surface area (Å²) in [5.74, 6) is -0.436. The molecule has 1 unspecified atom stereocenters. The zero-order chi connectivity index (χ0) is 24.5. The van der Waals surface area contributed by atoms with Gasteiger partial charge in [-0.25, -0.2) is 0 Å². The number of hydrogen-bond donors (Lipinski definition) is 1. The van der Waals surface area contributed by atoms with Crippen molar-refractivity contribution in [3.05, 3.63) is 76.8 Å². The molecule has 1 atom stereocenters. The molecule has 3 heterocycles. The van der Waals surface area contributed by atoms with Crippen molar-refractivity contribution in [1.82, 2.24) is 10.2 Å². The van der Waals surface area contributed by atoms with E-state index in [1.165, 1.54) is 16.2 Å². The van der Waals surface area contributed by atoms with E-state index in [0.717, 1.165) is 0 Å². The van der Waals surface area contributed by atoms with Gasteiger partial charge in [0.05, 0.1) is 11.6 Å². The standard InChI is InChI=1S/C25H21N3O6S/c1-3-9-32-17-6-4-5-15(12-17)21-20(23(30)24(31)28(21)25-27-26-14(2)35-25)22(29)16-7-8-18-19(13-16)34-11-10-33-18/h3-8,12-13,21,29H,1,9-11H2,2H3. The van der Waals surface area contributed by atoms with Gasteiger partial charge in [0.1, 0.15) is 36.3 Å². The molecule has 1 amide bonds. The van der Waals surface area contributed by atoms with Crippen molar-refractivity contribution in [3.63, 3.8) is 0 Å². The first-order chi connectivity index (χ1) is 17.0. The quantitative estimate of drug-likeness (QED) is 0.240. The van der Waals surface area contributed by atoms with Crippen molar-refractivity contribution in [2.24, 2.45) is 0 Å². The zero-order valence-corrected chi connectivity index (χ0v) is 19.6. The number of carbonyl (C=O) groups is 2. The maximum absolute atomic E-state index is 13.3. The zero-order valence-electron chi connectivity index (χ0n) is 18.8.